The predicted octanol–water partition coefficient (Wildman–Crippen LogP) is 6.97. The molecule has 3 rings (SSSR count). The topological polar surface area (TPSA) is 65.5 Å². The Bertz CT molecular complexity index is 1280. The number of aryl methyl sites for hydroxylation is 2. The van der Waals surface area contributed by atoms with E-state index in [4.69, 9.17) is 9.47 Å². The second kappa shape index (κ2) is 10.2. The number of fused-ring (bicyclic) bond motifs is 1. The first-order valence-electron chi connectivity index (χ1n) is 11.5. The molecule has 0 radical (unpaired) electrons. The minimum atomic E-state index is -1.15. The van der Waals surface area contributed by atoms with Gasteiger partial charge in [-0.1, -0.05) is 24.3 Å². The Morgan fingerprint density at radius 3 is 2.20 bits per heavy atom. The molecule has 35 heavy (non-hydrogen) atoms. The van der Waals surface area contributed by atoms with E-state index in [1.165, 1.54) is 11.8 Å². The van der Waals surface area contributed by atoms with Gasteiger partial charge in [0.05, 0.1) is 11.1 Å². The normalized spacial score (nSPS) is 12.2. The number of esters is 1. The maximum absolute atomic E-state index is 13.0. The number of ether oxygens (including phenoxy) is 2. The standard InChI is InChI=1S/C29H33NO4S/c1-18-15-20(16-19(2)25(18)33-29(6,7)27(32)34-28(3,4)5)13-14-24(31)22-17-21-11-9-10-12-23(21)30-26(22)35-8/h9-17H,1-8H3/b14-13+. The van der Waals surface area contributed by atoms with Crippen LogP contribution in [0.25, 0.3) is 17.0 Å². The van der Waals surface area contributed by atoms with Crippen LogP contribution in [0.1, 0.15) is 61.7 Å². The van der Waals surface area contributed by atoms with Gasteiger partial charge in [-0.25, -0.2) is 9.78 Å². The summed E-state index contributed by atoms with van der Waals surface area (Å²) in [6, 6.07) is 13.5. The van der Waals surface area contributed by atoms with Crippen molar-refractivity contribution in [3.8, 4) is 5.75 Å². The molecule has 184 valence electrons. The number of ketones is 1. The van der Waals surface area contributed by atoms with E-state index in [0.717, 1.165) is 27.6 Å². The quantitative estimate of drug-likeness (QED) is 0.154. The zero-order chi connectivity index (χ0) is 26.0. The van der Waals surface area contributed by atoms with Crippen molar-refractivity contribution < 1.29 is 19.1 Å². The van der Waals surface area contributed by atoms with E-state index in [1.54, 1.807) is 26.0 Å². The average Bonchev–Trinajstić information content (AvgIpc) is 2.77. The Labute approximate surface area is 211 Å². The molecule has 0 saturated heterocycles. The molecule has 2 aromatic carbocycles. The largest absolute Gasteiger partial charge is 0.476 e. The van der Waals surface area contributed by atoms with Crippen LogP contribution < -0.4 is 4.74 Å². The van der Waals surface area contributed by atoms with Crippen molar-refractivity contribution in [2.75, 3.05) is 6.26 Å². The lowest BCUT2D eigenvalue weighted by atomic mass is 10.0. The van der Waals surface area contributed by atoms with Crippen LogP contribution in [0.4, 0.5) is 0 Å². The van der Waals surface area contributed by atoms with Gasteiger partial charge >= 0.3 is 5.97 Å². The maximum Gasteiger partial charge on any atom is 0.350 e. The van der Waals surface area contributed by atoms with E-state index in [9.17, 15) is 9.59 Å². The Balaban J connectivity index is 1.84. The van der Waals surface area contributed by atoms with Gasteiger partial charge in [0.25, 0.3) is 0 Å². The van der Waals surface area contributed by atoms with Gasteiger partial charge in [-0.3, -0.25) is 4.79 Å². The molecule has 0 aliphatic heterocycles. The van der Waals surface area contributed by atoms with E-state index in [-0.39, 0.29) is 5.78 Å². The van der Waals surface area contributed by atoms with Gasteiger partial charge in [-0.05, 0) is 102 Å². The van der Waals surface area contributed by atoms with Crippen molar-refractivity contribution in [2.45, 2.75) is 64.7 Å². The van der Waals surface area contributed by atoms with Gasteiger partial charge < -0.3 is 9.47 Å². The van der Waals surface area contributed by atoms with E-state index in [1.807, 2.05) is 83.3 Å². The summed E-state index contributed by atoms with van der Waals surface area (Å²) in [6.45, 7) is 12.7. The number of benzene rings is 2. The highest BCUT2D eigenvalue weighted by Crippen LogP contribution is 2.30. The fourth-order valence-corrected chi connectivity index (χ4v) is 4.20. The van der Waals surface area contributed by atoms with E-state index in [0.29, 0.717) is 16.3 Å². The maximum atomic E-state index is 13.0. The summed E-state index contributed by atoms with van der Waals surface area (Å²) in [7, 11) is 0. The van der Waals surface area contributed by atoms with E-state index < -0.39 is 17.2 Å². The molecule has 0 aliphatic rings. The van der Waals surface area contributed by atoms with Crippen molar-refractivity contribution in [1.82, 2.24) is 4.98 Å². The van der Waals surface area contributed by atoms with Gasteiger partial charge in [0, 0.05) is 5.39 Å². The van der Waals surface area contributed by atoms with Gasteiger partial charge in [0.1, 0.15) is 16.4 Å². The van der Waals surface area contributed by atoms with Crippen LogP contribution >= 0.6 is 11.8 Å². The summed E-state index contributed by atoms with van der Waals surface area (Å²) in [5.41, 5.74) is 2.31. The molecule has 0 atom stereocenters. The number of para-hydroxylation sites is 1. The molecule has 0 aliphatic carbocycles. The van der Waals surface area contributed by atoms with Crippen LogP contribution in [0.2, 0.25) is 0 Å². The third-order valence-electron chi connectivity index (χ3n) is 5.31. The highest BCUT2D eigenvalue weighted by molar-refractivity contribution is 7.98. The molecule has 0 fully saturated rings. The molecular formula is C29H33NO4S. The van der Waals surface area contributed by atoms with Crippen LogP contribution in [0.3, 0.4) is 0 Å². The first-order valence-corrected chi connectivity index (χ1v) is 12.7. The Morgan fingerprint density at radius 1 is 0.971 bits per heavy atom. The zero-order valence-electron chi connectivity index (χ0n) is 21.7. The minimum Gasteiger partial charge on any atom is -0.476 e. The van der Waals surface area contributed by atoms with Gasteiger partial charge in [0.15, 0.2) is 11.4 Å². The summed E-state index contributed by atoms with van der Waals surface area (Å²) in [4.78, 5) is 30.3. The number of carbonyl (C=O) groups is 2. The average molecular weight is 492 g/mol. The Kier molecular flexibility index (Phi) is 7.75. The van der Waals surface area contributed by atoms with Crippen LogP contribution in [-0.2, 0) is 9.53 Å². The number of thioether (sulfide) groups is 1. The second-order valence-electron chi connectivity index (χ2n) is 10.0. The van der Waals surface area contributed by atoms with Crippen LogP contribution in [0.15, 0.2) is 53.6 Å². The van der Waals surface area contributed by atoms with E-state index in [2.05, 4.69) is 4.98 Å². The first kappa shape index (κ1) is 26.5. The van der Waals surface area contributed by atoms with Gasteiger partial charge in [-0.2, -0.15) is 0 Å². The summed E-state index contributed by atoms with van der Waals surface area (Å²) < 4.78 is 11.6. The molecular weight excluding hydrogens is 458 g/mol. The SMILES string of the molecule is CSc1nc2ccccc2cc1C(=O)/C=C/c1cc(C)c(OC(C)(C)C(=O)OC(C)(C)C)c(C)c1. The molecule has 0 saturated carbocycles. The number of hydrogen-bond acceptors (Lipinski definition) is 6. The molecule has 5 nitrogen and oxygen atoms in total. The smallest absolute Gasteiger partial charge is 0.350 e. The fourth-order valence-electron chi connectivity index (χ4n) is 3.63. The number of rotatable bonds is 7. The molecule has 0 spiro atoms. The molecule has 0 N–H and O–H groups in total. The second-order valence-corrected chi connectivity index (χ2v) is 10.8. The molecule has 0 amide bonds. The van der Waals surface area contributed by atoms with Crippen molar-refractivity contribution in [2.24, 2.45) is 0 Å². The van der Waals surface area contributed by atoms with Crippen molar-refractivity contribution >= 4 is 40.5 Å². The number of carbonyl (C=O) groups excluding carboxylic acids is 2. The molecule has 1 heterocycles. The minimum absolute atomic E-state index is 0.103. The summed E-state index contributed by atoms with van der Waals surface area (Å²) in [5.74, 6) is 0.106. The lowest BCUT2D eigenvalue weighted by Crippen LogP contribution is -2.43. The zero-order valence-corrected chi connectivity index (χ0v) is 22.5. The molecule has 1 aromatic heterocycles. The van der Waals surface area contributed by atoms with Crippen LogP contribution in [0, 0.1) is 13.8 Å². The lowest BCUT2D eigenvalue weighted by molar-refractivity contribution is -0.171. The third-order valence-corrected chi connectivity index (χ3v) is 6.00. The van der Waals surface area contributed by atoms with Crippen LogP contribution in [0.5, 0.6) is 5.75 Å². The van der Waals surface area contributed by atoms with Crippen molar-refractivity contribution in [3.05, 3.63) is 70.8 Å². The number of pyridine rings is 1. The lowest BCUT2D eigenvalue weighted by Gasteiger charge is -2.30. The van der Waals surface area contributed by atoms with E-state index >= 15 is 0 Å². The highest BCUT2D eigenvalue weighted by Gasteiger charge is 2.35. The monoisotopic (exact) mass is 491 g/mol. The van der Waals surface area contributed by atoms with Crippen molar-refractivity contribution in [3.63, 3.8) is 0 Å². The Hall–Kier alpha value is -3.12. The summed E-state index contributed by atoms with van der Waals surface area (Å²) in [5, 5.41) is 1.64. The van der Waals surface area contributed by atoms with Gasteiger partial charge in [0.2, 0.25) is 0 Å². The summed E-state index contributed by atoms with van der Waals surface area (Å²) >= 11 is 1.46. The third kappa shape index (κ3) is 6.51. The molecule has 3 aromatic rings. The Morgan fingerprint density at radius 2 is 1.60 bits per heavy atom. The molecule has 6 heteroatoms. The highest BCUT2D eigenvalue weighted by atomic mass is 32.2. The summed E-state index contributed by atoms with van der Waals surface area (Å²) in [6.07, 6.45) is 5.29. The number of nitrogens with zero attached hydrogens (tertiary/aromatic N) is 1. The number of hydrogen-bond donors (Lipinski definition) is 0. The predicted molar refractivity (Wildman–Crippen MR) is 143 cm³/mol. The van der Waals surface area contributed by atoms with Crippen molar-refractivity contribution in [1.29, 1.82) is 0 Å². The molecule has 0 unspecified atom stereocenters. The van der Waals surface area contributed by atoms with Gasteiger partial charge in [-0.15, -0.1) is 11.8 Å². The number of aromatic nitrogens is 1. The molecule has 0 bridgehead atoms. The van der Waals surface area contributed by atoms with Crippen LogP contribution in [-0.4, -0.2) is 34.2 Å². The number of allylic oxidation sites excluding steroid dienone is 1. The fraction of sp³-hybridized carbons (Fsp3) is 0.345. The first-order chi connectivity index (χ1) is 16.3.